The van der Waals surface area contributed by atoms with Gasteiger partial charge < -0.3 is 9.47 Å². The van der Waals surface area contributed by atoms with Crippen LogP contribution in [0.5, 0.6) is 11.5 Å². The molecule has 0 radical (unpaired) electrons. The molecule has 0 N–H and O–H groups in total. The molecule has 0 aliphatic carbocycles. The van der Waals surface area contributed by atoms with E-state index < -0.39 is 0 Å². The number of terminal acetylenes is 1. The van der Waals surface area contributed by atoms with E-state index in [1.807, 2.05) is 66.7 Å². The predicted octanol–water partition coefficient (Wildman–Crippen LogP) is 4.48. The third kappa shape index (κ3) is 4.56. The molecule has 0 unspecified atom stereocenters. The van der Waals surface area contributed by atoms with Crippen molar-refractivity contribution >= 4 is 0 Å². The smallest absolute Gasteiger partial charge is 0.136 e. The second-order valence-electron chi connectivity index (χ2n) is 5.84. The van der Waals surface area contributed by atoms with E-state index in [1.54, 1.807) is 14.2 Å². The molecule has 28 heavy (non-hydrogen) atoms. The van der Waals surface area contributed by atoms with Crippen molar-refractivity contribution in [2.75, 3.05) is 14.2 Å². The highest BCUT2D eigenvalue weighted by Crippen LogP contribution is 2.28. The zero-order valence-corrected chi connectivity index (χ0v) is 15.7. The molecule has 0 atom stereocenters. The Morgan fingerprint density at radius 3 is 1.54 bits per heavy atom. The maximum atomic E-state index is 5.51. The zero-order chi connectivity index (χ0) is 19.8. The third-order valence-electron chi connectivity index (χ3n) is 4.03. The Kier molecular flexibility index (Phi) is 6.05. The molecule has 0 aliphatic rings. The molecule has 3 aromatic rings. The van der Waals surface area contributed by atoms with Gasteiger partial charge in [0.15, 0.2) is 0 Å². The van der Waals surface area contributed by atoms with E-state index in [9.17, 15) is 0 Å². The lowest BCUT2D eigenvalue weighted by molar-refractivity contribution is 0.401. The summed E-state index contributed by atoms with van der Waals surface area (Å²) in [4.78, 5) is 0. The molecule has 2 nitrogen and oxygen atoms in total. The molecular formula is C26H18O2. The molecule has 0 saturated carbocycles. The second kappa shape index (κ2) is 9.05. The lowest BCUT2D eigenvalue weighted by atomic mass is 10.1. The van der Waals surface area contributed by atoms with Crippen molar-refractivity contribution in [1.29, 1.82) is 0 Å². The van der Waals surface area contributed by atoms with Crippen molar-refractivity contribution in [2.24, 2.45) is 0 Å². The first kappa shape index (κ1) is 18.7. The lowest BCUT2D eigenvalue weighted by Crippen LogP contribution is -1.94. The van der Waals surface area contributed by atoms with Crippen LogP contribution in [-0.4, -0.2) is 14.2 Å². The summed E-state index contributed by atoms with van der Waals surface area (Å²) in [6.45, 7) is 0. The summed E-state index contributed by atoms with van der Waals surface area (Å²) in [5.41, 5.74) is 4.10. The first-order valence-electron chi connectivity index (χ1n) is 8.65. The molecule has 0 fully saturated rings. The fraction of sp³-hybridized carbons (Fsp3) is 0.0769. The first-order chi connectivity index (χ1) is 13.7. The van der Waals surface area contributed by atoms with Gasteiger partial charge in [0.2, 0.25) is 0 Å². The highest BCUT2D eigenvalue weighted by atomic mass is 16.5. The van der Waals surface area contributed by atoms with Crippen LogP contribution in [0.2, 0.25) is 0 Å². The summed E-state index contributed by atoms with van der Waals surface area (Å²) < 4.78 is 11.0. The molecular weight excluding hydrogens is 344 g/mol. The van der Waals surface area contributed by atoms with Crippen LogP contribution in [0.4, 0.5) is 0 Å². The Bertz CT molecular complexity index is 1130. The van der Waals surface area contributed by atoms with Crippen LogP contribution >= 0.6 is 0 Å². The average molecular weight is 362 g/mol. The van der Waals surface area contributed by atoms with Gasteiger partial charge in [0.25, 0.3) is 0 Å². The highest BCUT2D eigenvalue weighted by molar-refractivity contribution is 5.60. The zero-order valence-electron chi connectivity index (χ0n) is 15.7. The van der Waals surface area contributed by atoms with Gasteiger partial charge in [-0.2, -0.15) is 0 Å². The molecule has 0 amide bonds. The Labute approximate surface area is 166 Å². The second-order valence-corrected chi connectivity index (χ2v) is 5.84. The van der Waals surface area contributed by atoms with Gasteiger partial charge in [-0.1, -0.05) is 47.8 Å². The lowest BCUT2D eigenvalue weighted by Gasteiger charge is -2.09. The average Bonchev–Trinajstić information content (AvgIpc) is 2.77. The Balaban J connectivity index is 1.96. The van der Waals surface area contributed by atoms with Crippen molar-refractivity contribution in [3.63, 3.8) is 0 Å². The fourth-order valence-corrected chi connectivity index (χ4v) is 2.54. The Morgan fingerprint density at radius 2 is 1.07 bits per heavy atom. The normalized spacial score (nSPS) is 9.18. The van der Waals surface area contributed by atoms with Gasteiger partial charge in [0.05, 0.1) is 25.3 Å². The van der Waals surface area contributed by atoms with Gasteiger partial charge in [-0.3, -0.25) is 0 Å². The monoisotopic (exact) mass is 362 g/mol. The molecule has 0 aromatic heterocycles. The number of hydrogen-bond acceptors (Lipinski definition) is 2. The van der Waals surface area contributed by atoms with Crippen LogP contribution in [0.25, 0.3) is 0 Å². The standard InChI is InChI=1S/C26H18O2/c1-4-20-10-12-22(13-11-20)15-17-24-19-25(27-2)23(18-26(24)28-3)16-14-21-8-6-5-7-9-21/h1,5-13,18-19H,2-3H3. The van der Waals surface area contributed by atoms with Gasteiger partial charge >= 0.3 is 0 Å². The molecule has 0 heterocycles. The van der Waals surface area contributed by atoms with Crippen molar-refractivity contribution in [3.8, 4) is 47.5 Å². The summed E-state index contributed by atoms with van der Waals surface area (Å²) in [5.74, 6) is 16.4. The Hall–Kier alpha value is -4.06. The van der Waals surface area contributed by atoms with E-state index in [-0.39, 0.29) is 0 Å². The quantitative estimate of drug-likeness (QED) is 0.626. The minimum atomic E-state index is 0.644. The molecule has 134 valence electrons. The van der Waals surface area contributed by atoms with Crippen LogP contribution in [0.1, 0.15) is 27.8 Å². The summed E-state index contributed by atoms with van der Waals surface area (Å²) >= 11 is 0. The molecule has 3 aromatic carbocycles. The molecule has 0 saturated heterocycles. The number of benzene rings is 3. The van der Waals surface area contributed by atoms with Crippen LogP contribution in [0, 0.1) is 36.0 Å². The largest absolute Gasteiger partial charge is 0.495 e. The summed E-state index contributed by atoms with van der Waals surface area (Å²) in [6, 6.07) is 21.0. The third-order valence-corrected chi connectivity index (χ3v) is 4.03. The van der Waals surface area contributed by atoms with E-state index in [0.29, 0.717) is 11.5 Å². The predicted molar refractivity (Wildman–Crippen MR) is 112 cm³/mol. The van der Waals surface area contributed by atoms with E-state index in [2.05, 4.69) is 29.6 Å². The number of rotatable bonds is 2. The molecule has 0 spiro atoms. The number of hydrogen-bond donors (Lipinski definition) is 0. The summed E-state index contributed by atoms with van der Waals surface area (Å²) in [5, 5.41) is 0. The van der Waals surface area contributed by atoms with Crippen LogP contribution in [0.3, 0.4) is 0 Å². The van der Waals surface area contributed by atoms with Crippen molar-refractivity contribution < 1.29 is 9.47 Å². The molecule has 3 rings (SSSR count). The first-order valence-corrected chi connectivity index (χ1v) is 8.65. The summed E-state index contributed by atoms with van der Waals surface area (Å²) in [7, 11) is 3.23. The maximum Gasteiger partial charge on any atom is 0.136 e. The minimum absolute atomic E-state index is 0.644. The Morgan fingerprint density at radius 1 is 0.607 bits per heavy atom. The van der Waals surface area contributed by atoms with Gasteiger partial charge in [0.1, 0.15) is 11.5 Å². The van der Waals surface area contributed by atoms with Crippen molar-refractivity contribution in [1.82, 2.24) is 0 Å². The summed E-state index contributed by atoms with van der Waals surface area (Å²) in [6.07, 6.45) is 5.38. The number of methoxy groups -OCH3 is 2. The van der Waals surface area contributed by atoms with Gasteiger partial charge in [-0.05, 0) is 36.4 Å². The maximum absolute atomic E-state index is 5.51. The van der Waals surface area contributed by atoms with Crippen molar-refractivity contribution in [3.05, 3.63) is 94.5 Å². The topological polar surface area (TPSA) is 18.5 Å². The minimum Gasteiger partial charge on any atom is -0.495 e. The molecule has 2 heteroatoms. The van der Waals surface area contributed by atoms with Crippen LogP contribution in [-0.2, 0) is 0 Å². The molecule has 0 bridgehead atoms. The van der Waals surface area contributed by atoms with E-state index in [4.69, 9.17) is 15.9 Å². The van der Waals surface area contributed by atoms with Crippen LogP contribution in [0.15, 0.2) is 66.7 Å². The number of ether oxygens (including phenoxy) is 2. The van der Waals surface area contributed by atoms with Gasteiger partial charge in [-0.25, -0.2) is 0 Å². The van der Waals surface area contributed by atoms with Crippen molar-refractivity contribution in [2.45, 2.75) is 0 Å². The van der Waals surface area contributed by atoms with E-state index in [1.165, 1.54) is 0 Å². The fourth-order valence-electron chi connectivity index (χ4n) is 2.54. The highest BCUT2D eigenvalue weighted by Gasteiger charge is 2.08. The molecule has 0 aliphatic heterocycles. The van der Waals surface area contributed by atoms with Crippen LogP contribution < -0.4 is 9.47 Å². The van der Waals surface area contributed by atoms with Gasteiger partial charge in [-0.15, -0.1) is 6.42 Å². The van der Waals surface area contributed by atoms with Gasteiger partial charge in [0, 0.05) is 28.8 Å². The SMILES string of the molecule is C#Cc1ccc(C#Cc2cc(OC)c(C#Cc3ccccc3)cc2OC)cc1. The van der Waals surface area contributed by atoms with E-state index in [0.717, 1.165) is 27.8 Å². The van der Waals surface area contributed by atoms with E-state index >= 15 is 0 Å².